The number of hydrogen-bond donors (Lipinski definition) is 1. The molecule has 0 spiro atoms. The van der Waals surface area contributed by atoms with Gasteiger partial charge in [0.1, 0.15) is 5.75 Å². The number of carbonyl (C=O) groups excluding carboxylic acids is 1. The van der Waals surface area contributed by atoms with Gasteiger partial charge in [0.25, 0.3) is 5.91 Å². The predicted molar refractivity (Wildman–Crippen MR) is 98.5 cm³/mol. The maximum absolute atomic E-state index is 12.5. The van der Waals surface area contributed by atoms with Gasteiger partial charge in [-0.1, -0.05) is 29.8 Å². The minimum atomic E-state index is -0.543. The second kappa shape index (κ2) is 7.52. The lowest BCUT2D eigenvalue weighted by atomic mass is 10.00. The quantitative estimate of drug-likeness (QED) is 0.875. The van der Waals surface area contributed by atoms with E-state index >= 15 is 0 Å². The molecule has 0 aromatic heterocycles. The summed E-state index contributed by atoms with van der Waals surface area (Å²) in [5, 5.41) is 3.05. The normalized spacial score (nSPS) is 13.2. The Morgan fingerprint density at radius 1 is 0.917 bits per heavy atom. The highest BCUT2D eigenvalue weighted by atomic mass is 16.5. The number of hydrogen-bond acceptors (Lipinski definition) is 2. The van der Waals surface area contributed by atoms with Gasteiger partial charge in [-0.3, -0.25) is 4.79 Å². The third-order valence-electron chi connectivity index (χ3n) is 4.14. The SMILES string of the molecule is Cc1cc(C)cc(O[C@@H](C)C(=O)N[C@@H](C)c2cc(C)ccc2C)c1. The predicted octanol–water partition coefficient (Wildman–Crippen LogP) is 4.56. The fourth-order valence-electron chi connectivity index (χ4n) is 2.89. The van der Waals surface area contributed by atoms with Gasteiger partial charge >= 0.3 is 0 Å². The van der Waals surface area contributed by atoms with Crippen LogP contribution in [0.15, 0.2) is 36.4 Å². The Morgan fingerprint density at radius 3 is 2.17 bits per heavy atom. The van der Waals surface area contributed by atoms with E-state index in [1.54, 1.807) is 6.92 Å². The van der Waals surface area contributed by atoms with E-state index in [0.717, 1.165) is 22.4 Å². The first-order valence-corrected chi connectivity index (χ1v) is 8.38. The molecular weight excluding hydrogens is 298 g/mol. The molecule has 0 aliphatic carbocycles. The molecule has 2 aromatic carbocycles. The Balaban J connectivity index is 2.04. The van der Waals surface area contributed by atoms with Crippen LogP contribution in [0.3, 0.4) is 0 Å². The highest BCUT2D eigenvalue weighted by Gasteiger charge is 2.19. The molecule has 0 unspecified atom stereocenters. The molecule has 0 bridgehead atoms. The van der Waals surface area contributed by atoms with Crippen LogP contribution >= 0.6 is 0 Å². The van der Waals surface area contributed by atoms with E-state index in [2.05, 4.69) is 43.4 Å². The maximum atomic E-state index is 12.5. The molecule has 2 aromatic rings. The summed E-state index contributed by atoms with van der Waals surface area (Å²) in [7, 11) is 0. The molecular formula is C21H27NO2. The highest BCUT2D eigenvalue weighted by molar-refractivity contribution is 5.81. The molecule has 0 aliphatic rings. The average Bonchev–Trinajstić information content (AvgIpc) is 2.48. The van der Waals surface area contributed by atoms with Crippen molar-refractivity contribution in [1.82, 2.24) is 5.32 Å². The summed E-state index contributed by atoms with van der Waals surface area (Å²) in [6, 6.07) is 12.2. The van der Waals surface area contributed by atoms with E-state index in [-0.39, 0.29) is 11.9 Å². The van der Waals surface area contributed by atoms with Crippen LogP contribution in [-0.2, 0) is 4.79 Å². The van der Waals surface area contributed by atoms with E-state index in [4.69, 9.17) is 4.74 Å². The minimum absolute atomic E-state index is 0.0531. The average molecular weight is 325 g/mol. The molecule has 3 heteroatoms. The van der Waals surface area contributed by atoms with Crippen LogP contribution in [0, 0.1) is 27.7 Å². The van der Waals surface area contributed by atoms with Crippen molar-refractivity contribution in [3.63, 3.8) is 0 Å². The van der Waals surface area contributed by atoms with E-state index in [9.17, 15) is 4.79 Å². The Hall–Kier alpha value is -2.29. The fraction of sp³-hybridized carbons (Fsp3) is 0.381. The van der Waals surface area contributed by atoms with Gasteiger partial charge in [0.05, 0.1) is 6.04 Å². The van der Waals surface area contributed by atoms with Gasteiger partial charge < -0.3 is 10.1 Å². The second-order valence-corrected chi connectivity index (χ2v) is 6.67. The molecule has 0 radical (unpaired) electrons. The number of rotatable bonds is 5. The zero-order valence-electron chi connectivity index (χ0n) is 15.4. The maximum Gasteiger partial charge on any atom is 0.261 e. The van der Waals surface area contributed by atoms with Crippen molar-refractivity contribution in [1.29, 1.82) is 0 Å². The first-order valence-electron chi connectivity index (χ1n) is 8.38. The second-order valence-electron chi connectivity index (χ2n) is 6.67. The lowest BCUT2D eigenvalue weighted by molar-refractivity contribution is -0.127. The van der Waals surface area contributed by atoms with Gasteiger partial charge in [0.15, 0.2) is 6.10 Å². The first-order chi connectivity index (χ1) is 11.3. The van der Waals surface area contributed by atoms with Crippen molar-refractivity contribution < 1.29 is 9.53 Å². The Kier molecular flexibility index (Phi) is 5.66. The van der Waals surface area contributed by atoms with Crippen molar-refractivity contribution in [3.05, 3.63) is 64.2 Å². The number of ether oxygens (including phenoxy) is 1. The smallest absolute Gasteiger partial charge is 0.261 e. The molecule has 1 amide bonds. The molecule has 0 saturated carbocycles. The molecule has 0 fully saturated rings. The topological polar surface area (TPSA) is 38.3 Å². The van der Waals surface area contributed by atoms with Gasteiger partial charge in [-0.05, 0) is 75.9 Å². The summed E-state index contributed by atoms with van der Waals surface area (Å²) in [6.07, 6.45) is -0.543. The molecule has 1 N–H and O–H groups in total. The molecule has 0 heterocycles. The minimum Gasteiger partial charge on any atom is -0.481 e. The summed E-state index contributed by atoms with van der Waals surface area (Å²) in [6.45, 7) is 11.9. The molecule has 24 heavy (non-hydrogen) atoms. The number of aryl methyl sites for hydroxylation is 4. The Morgan fingerprint density at radius 2 is 1.54 bits per heavy atom. The number of carbonyl (C=O) groups is 1. The van der Waals surface area contributed by atoms with Gasteiger partial charge in [-0.25, -0.2) is 0 Å². The zero-order chi connectivity index (χ0) is 17.9. The van der Waals surface area contributed by atoms with Gasteiger partial charge in [0, 0.05) is 0 Å². The first kappa shape index (κ1) is 18.1. The Labute approximate surface area is 145 Å². The number of benzene rings is 2. The lowest BCUT2D eigenvalue weighted by Crippen LogP contribution is -2.38. The molecule has 0 aliphatic heterocycles. The third kappa shape index (κ3) is 4.60. The molecule has 2 atom stereocenters. The standard InChI is InChI=1S/C21H27NO2/c1-13-7-8-16(4)20(12-13)17(5)22-21(23)18(6)24-19-10-14(2)9-15(3)11-19/h7-12,17-18H,1-6H3,(H,22,23)/t17-,18-/m0/s1. The molecule has 128 valence electrons. The lowest BCUT2D eigenvalue weighted by Gasteiger charge is -2.21. The van der Waals surface area contributed by atoms with Gasteiger partial charge in [0.2, 0.25) is 0 Å². The monoisotopic (exact) mass is 325 g/mol. The molecule has 2 rings (SSSR count). The fourth-order valence-corrected chi connectivity index (χ4v) is 2.89. The number of nitrogens with one attached hydrogen (secondary N) is 1. The van der Waals surface area contributed by atoms with E-state index in [1.165, 1.54) is 11.1 Å². The summed E-state index contributed by atoms with van der Waals surface area (Å²) in [5.74, 6) is 0.622. The highest BCUT2D eigenvalue weighted by Crippen LogP contribution is 2.20. The summed E-state index contributed by atoms with van der Waals surface area (Å²) >= 11 is 0. The summed E-state index contributed by atoms with van der Waals surface area (Å²) < 4.78 is 5.82. The van der Waals surface area contributed by atoms with Crippen LogP contribution in [0.25, 0.3) is 0 Å². The largest absolute Gasteiger partial charge is 0.481 e. The van der Waals surface area contributed by atoms with Crippen LogP contribution in [0.4, 0.5) is 0 Å². The summed E-state index contributed by atoms with van der Waals surface area (Å²) in [5.41, 5.74) is 5.76. The van der Waals surface area contributed by atoms with Gasteiger partial charge in [-0.2, -0.15) is 0 Å². The Bertz CT molecular complexity index is 716. The van der Waals surface area contributed by atoms with Crippen LogP contribution in [-0.4, -0.2) is 12.0 Å². The van der Waals surface area contributed by atoms with E-state index in [1.807, 2.05) is 32.9 Å². The van der Waals surface area contributed by atoms with E-state index in [0.29, 0.717) is 0 Å². The van der Waals surface area contributed by atoms with Crippen LogP contribution in [0.1, 0.15) is 47.7 Å². The van der Waals surface area contributed by atoms with Gasteiger partial charge in [-0.15, -0.1) is 0 Å². The van der Waals surface area contributed by atoms with Crippen molar-refractivity contribution in [2.45, 2.75) is 53.7 Å². The zero-order valence-corrected chi connectivity index (χ0v) is 15.4. The van der Waals surface area contributed by atoms with Crippen molar-refractivity contribution in [2.24, 2.45) is 0 Å². The summed E-state index contributed by atoms with van der Waals surface area (Å²) in [4.78, 5) is 12.5. The molecule has 0 saturated heterocycles. The number of amides is 1. The molecule has 3 nitrogen and oxygen atoms in total. The van der Waals surface area contributed by atoms with Crippen LogP contribution in [0.5, 0.6) is 5.75 Å². The van der Waals surface area contributed by atoms with Crippen LogP contribution in [0.2, 0.25) is 0 Å². The van der Waals surface area contributed by atoms with E-state index < -0.39 is 6.10 Å². The van der Waals surface area contributed by atoms with Crippen molar-refractivity contribution >= 4 is 5.91 Å². The third-order valence-corrected chi connectivity index (χ3v) is 4.14. The van der Waals surface area contributed by atoms with Crippen molar-refractivity contribution in [2.75, 3.05) is 0 Å². The van der Waals surface area contributed by atoms with Crippen molar-refractivity contribution in [3.8, 4) is 5.75 Å². The van der Waals surface area contributed by atoms with Crippen LogP contribution < -0.4 is 10.1 Å².